The summed E-state index contributed by atoms with van der Waals surface area (Å²) < 4.78 is 7.09. The number of ether oxygens (including phenoxy) is 1. The second-order valence-corrected chi connectivity index (χ2v) is 6.34. The first-order chi connectivity index (χ1) is 10.8. The van der Waals surface area contributed by atoms with Gasteiger partial charge in [-0.1, -0.05) is 0 Å². The summed E-state index contributed by atoms with van der Waals surface area (Å²) in [6.07, 6.45) is 3.96. The van der Waals surface area contributed by atoms with Gasteiger partial charge in [0.25, 0.3) is 0 Å². The van der Waals surface area contributed by atoms with Crippen LogP contribution in [0.15, 0.2) is 29.1 Å². The molecule has 6 heteroatoms. The predicted octanol–water partition coefficient (Wildman–Crippen LogP) is 2.84. The van der Waals surface area contributed by atoms with Crippen LogP contribution in [-0.2, 0) is 16.2 Å². The van der Waals surface area contributed by atoms with Crippen LogP contribution in [0.3, 0.4) is 0 Å². The molecule has 1 atom stereocenters. The van der Waals surface area contributed by atoms with E-state index in [0.717, 1.165) is 43.9 Å². The fourth-order valence-electron chi connectivity index (χ4n) is 2.85. The molecule has 0 radical (unpaired) electrons. The molecule has 1 fully saturated rings. The Labute approximate surface area is 134 Å². The van der Waals surface area contributed by atoms with E-state index < -0.39 is 0 Å². The largest absolute Gasteiger partial charge is 0.466 e. The van der Waals surface area contributed by atoms with E-state index in [1.807, 2.05) is 23.9 Å². The third-order valence-corrected chi connectivity index (χ3v) is 4.61. The molecule has 0 saturated carbocycles. The highest BCUT2D eigenvalue weighted by atomic mass is 32.1. The molecule has 5 nitrogen and oxygen atoms in total. The van der Waals surface area contributed by atoms with Crippen molar-refractivity contribution in [1.29, 1.82) is 0 Å². The first-order valence-electron chi connectivity index (χ1n) is 7.71. The van der Waals surface area contributed by atoms with E-state index in [-0.39, 0.29) is 11.9 Å². The molecule has 22 heavy (non-hydrogen) atoms. The van der Waals surface area contributed by atoms with E-state index in [9.17, 15) is 4.79 Å². The molecule has 2 aromatic heterocycles. The fourth-order valence-corrected chi connectivity index (χ4v) is 3.50. The van der Waals surface area contributed by atoms with Crippen molar-refractivity contribution in [2.45, 2.75) is 26.4 Å². The van der Waals surface area contributed by atoms with Crippen molar-refractivity contribution in [2.24, 2.45) is 5.92 Å². The number of likely N-dealkylation sites (tertiary alicyclic amines) is 1. The van der Waals surface area contributed by atoms with E-state index in [1.54, 1.807) is 11.3 Å². The normalized spacial score (nSPS) is 19.2. The highest BCUT2D eigenvalue weighted by Gasteiger charge is 2.26. The summed E-state index contributed by atoms with van der Waals surface area (Å²) in [5, 5.41) is 8.78. The van der Waals surface area contributed by atoms with Gasteiger partial charge >= 0.3 is 5.97 Å². The lowest BCUT2D eigenvalue weighted by Crippen LogP contribution is -2.40. The number of piperidine rings is 1. The van der Waals surface area contributed by atoms with Crippen molar-refractivity contribution in [3.8, 4) is 11.3 Å². The van der Waals surface area contributed by atoms with Crippen LogP contribution in [0.4, 0.5) is 0 Å². The topological polar surface area (TPSA) is 47.4 Å². The molecule has 3 rings (SSSR count). The van der Waals surface area contributed by atoms with Gasteiger partial charge in [-0.25, -0.2) is 0 Å². The van der Waals surface area contributed by atoms with Crippen molar-refractivity contribution >= 4 is 17.3 Å². The highest BCUT2D eigenvalue weighted by Crippen LogP contribution is 2.21. The Bertz CT molecular complexity index is 609. The third-order valence-electron chi connectivity index (χ3n) is 3.93. The predicted molar refractivity (Wildman–Crippen MR) is 86.5 cm³/mol. The van der Waals surface area contributed by atoms with Crippen molar-refractivity contribution < 1.29 is 9.53 Å². The van der Waals surface area contributed by atoms with E-state index in [4.69, 9.17) is 4.74 Å². The Hall–Kier alpha value is -1.66. The molecule has 0 spiro atoms. The molecule has 0 bridgehead atoms. The molecule has 1 aliphatic rings. The van der Waals surface area contributed by atoms with Crippen LogP contribution >= 0.6 is 11.3 Å². The first kappa shape index (κ1) is 15.2. The Morgan fingerprint density at radius 3 is 3.18 bits per heavy atom. The smallest absolute Gasteiger partial charge is 0.310 e. The molecule has 1 aliphatic heterocycles. The van der Waals surface area contributed by atoms with Gasteiger partial charge in [-0.3, -0.25) is 14.4 Å². The molecule has 3 heterocycles. The molecule has 1 saturated heterocycles. The zero-order valence-electron chi connectivity index (χ0n) is 12.8. The number of hydrogen-bond donors (Lipinski definition) is 0. The molecule has 118 valence electrons. The van der Waals surface area contributed by atoms with Gasteiger partial charge in [0.05, 0.1) is 24.9 Å². The minimum absolute atomic E-state index is 0.000561. The maximum atomic E-state index is 11.9. The lowest BCUT2D eigenvalue weighted by molar-refractivity contribution is -0.150. The Morgan fingerprint density at radius 2 is 2.41 bits per heavy atom. The van der Waals surface area contributed by atoms with Gasteiger partial charge < -0.3 is 4.74 Å². The maximum absolute atomic E-state index is 11.9. The van der Waals surface area contributed by atoms with E-state index in [0.29, 0.717) is 6.61 Å². The summed E-state index contributed by atoms with van der Waals surface area (Å²) in [4.78, 5) is 14.2. The van der Waals surface area contributed by atoms with Crippen LogP contribution in [0.2, 0.25) is 0 Å². The van der Waals surface area contributed by atoms with Gasteiger partial charge in [0.1, 0.15) is 0 Å². The van der Waals surface area contributed by atoms with Crippen LogP contribution in [0.1, 0.15) is 19.8 Å². The van der Waals surface area contributed by atoms with Gasteiger partial charge in [0, 0.05) is 23.7 Å². The van der Waals surface area contributed by atoms with Crippen LogP contribution < -0.4 is 0 Å². The first-order valence-corrected chi connectivity index (χ1v) is 8.65. The van der Waals surface area contributed by atoms with Crippen molar-refractivity contribution in [2.75, 3.05) is 19.7 Å². The van der Waals surface area contributed by atoms with E-state index >= 15 is 0 Å². The van der Waals surface area contributed by atoms with Gasteiger partial charge in [0.2, 0.25) is 0 Å². The quantitative estimate of drug-likeness (QED) is 0.795. The van der Waals surface area contributed by atoms with E-state index in [1.165, 1.54) is 0 Å². The molecule has 2 aromatic rings. The SMILES string of the molecule is CCOC(=O)C1CCCN(Cn2ccc(-c3ccsc3)n2)C1. The maximum Gasteiger partial charge on any atom is 0.310 e. The van der Waals surface area contributed by atoms with Crippen molar-refractivity contribution in [3.63, 3.8) is 0 Å². The molecule has 0 aromatic carbocycles. The zero-order chi connectivity index (χ0) is 15.4. The van der Waals surface area contributed by atoms with Crippen LogP contribution in [-0.4, -0.2) is 40.3 Å². The average Bonchev–Trinajstić information content (AvgIpc) is 3.18. The van der Waals surface area contributed by atoms with Crippen LogP contribution in [0, 0.1) is 5.92 Å². The minimum Gasteiger partial charge on any atom is -0.466 e. The summed E-state index contributed by atoms with van der Waals surface area (Å²) in [6.45, 7) is 4.79. The molecule has 0 aliphatic carbocycles. The summed E-state index contributed by atoms with van der Waals surface area (Å²) in [7, 11) is 0. The zero-order valence-corrected chi connectivity index (χ0v) is 13.6. The average molecular weight is 319 g/mol. The number of nitrogens with zero attached hydrogens (tertiary/aromatic N) is 3. The van der Waals surface area contributed by atoms with Crippen molar-refractivity contribution in [1.82, 2.24) is 14.7 Å². The highest BCUT2D eigenvalue weighted by molar-refractivity contribution is 7.08. The summed E-state index contributed by atoms with van der Waals surface area (Å²) in [6, 6.07) is 4.11. The number of thiophene rings is 1. The Balaban J connectivity index is 1.60. The van der Waals surface area contributed by atoms with Gasteiger partial charge in [-0.05, 0) is 43.8 Å². The second-order valence-electron chi connectivity index (χ2n) is 5.56. The summed E-state index contributed by atoms with van der Waals surface area (Å²) in [5.41, 5.74) is 2.16. The molecule has 1 unspecified atom stereocenters. The Kier molecular flexibility index (Phi) is 4.90. The molecular formula is C16H21N3O2S. The molecular weight excluding hydrogens is 298 g/mol. The molecule has 0 N–H and O–H groups in total. The third kappa shape index (κ3) is 3.56. The standard InChI is InChI=1S/C16H21N3O2S/c1-2-21-16(20)13-4-3-7-18(10-13)12-19-8-5-15(17-19)14-6-9-22-11-14/h5-6,8-9,11,13H,2-4,7,10,12H2,1H3. The summed E-state index contributed by atoms with van der Waals surface area (Å²) >= 11 is 1.68. The van der Waals surface area contributed by atoms with Crippen LogP contribution in [0.5, 0.6) is 0 Å². The Morgan fingerprint density at radius 1 is 1.50 bits per heavy atom. The second kappa shape index (κ2) is 7.07. The van der Waals surface area contributed by atoms with Gasteiger partial charge in [-0.2, -0.15) is 16.4 Å². The number of carbonyl (C=O) groups excluding carboxylic acids is 1. The van der Waals surface area contributed by atoms with Gasteiger partial charge in [-0.15, -0.1) is 0 Å². The lowest BCUT2D eigenvalue weighted by atomic mass is 9.99. The number of hydrogen-bond acceptors (Lipinski definition) is 5. The number of rotatable bonds is 5. The summed E-state index contributed by atoms with van der Waals surface area (Å²) in [5.74, 6) is -0.0627. The van der Waals surface area contributed by atoms with Crippen LogP contribution in [0.25, 0.3) is 11.3 Å². The number of carbonyl (C=O) groups is 1. The van der Waals surface area contributed by atoms with Crippen molar-refractivity contribution in [3.05, 3.63) is 29.1 Å². The lowest BCUT2D eigenvalue weighted by Gasteiger charge is -2.31. The minimum atomic E-state index is -0.0633. The number of esters is 1. The van der Waals surface area contributed by atoms with E-state index in [2.05, 4.69) is 26.8 Å². The fraction of sp³-hybridized carbons (Fsp3) is 0.500. The number of aromatic nitrogens is 2. The van der Waals surface area contributed by atoms with Gasteiger partial charge in [0.15, 0.2) is 0 Å². The molecule has 0 amide bonds. The monoisotopic (exact) mass is 319 g/mol.